The highest BCUT2D eigenvalue weighted by atomic mass is 16.4. The molecule has 8 N–H and O–H groups in total. The van der Waals surface area contributed by atoms with Gasteiger partial charge in [-0.3, -0.25) is 4.79 Å². The number of rotatable bonds is 3. The monoisotopic (exact) mass is 276 g/mol. The summed E-state index contributed by atoms with van der Waals surface area (Å²) >= 11 is 0. The van der Waals surface area contributed by atoms with Crippen molar-refractivity contribution in [3.63, 3.8) is 0 Å². The molecule has 0 amide bonds. The molecule has 9 heteroatoms. The van der Waals surface area contributed by atoms with Crippen molar-refractivity contribution in [3.8, 4) is 0 Å². The lowest BCUT2D eigenvalue weighted by atomic mass is 10.0. The molecule has 20 heavy (non-hydrogen) atoms. The Labute approximate surface area is 112 Å². The lowest BCUT2D eigenvalue weighted by molar-refractivity contribution is -0.136. The fraction of sp³-hybridized carbons (Fsp3) is 0.0909. The quantitative estimate of drug-likeness (QED) is 0.222. The van der Waals surface area contributed by atoms with Gasteiger partial charge in [0.15, 0.2) is 0 Å². The third-order valence-electron chi connectivity index (χ3n) is 2.73. The molecule has 0 saturated heterocycles. The summed E-state index contributed by atoms with van der Waals surface area (Å²) in [5.41, 5.74) is 18.1. The molecule has 0 spiro atoms. The van der Waals surface area contributed by atoms with Gasteiger partial charge < -0.3 is 27.5 Å². The van der Waals surface area contributed by atoms with Gasteiger partial charge in [0.05, 0.1) is 18.2 Å². The number of nitrogen functional groups attached to an aromatic ring is 3. The van der Waals surface area contributed by atoms with Crippen LogP contribution in [0.5, 0.6) is 0 Å². The van der Waals surface area contributed by atoms with Gasteiger partial charge in [0.1, 0.15) is 5.82 Å². The highest BCUT2D eigenvalue weighted by molar-refractivity contribution is 6.07. The Bertz CT molecular complexity index is 728. The fourth-order valence-electron chi connectivity index (χ4n) is 1.90. The molecule has 2 aromatic rings. The summed E-state index contributed by atoms with van der Waals surface area (Å²) in [6.07, 6.45) is 0.743. The molecule has 0 bridgehead atoms. The van der Waals surface area contributed by atoms with Gasteiger partial charge in [0.2, 0.25) is 5.95 Å². The van der Waals surface area contributed by atoms with E-state index in [1.54, 1.807) is 0 Å². The third-order valence-corrected chi connectivity index (χ3v) is 2.73. The first kappa shape index (κ1) is 13.3. The van der Waals surface area contributed by atoms with Crippen molar-refractivity contribution in [2.45, 2.75) is 6.42 Å². The lowest BCUT2D eigenvalue weighted by Gasteiger charge is -2.11. The van der Waals surface area contributed by atoms with Gasteiger partial charge in [-0.2, -0.15) is 4.98 Å². The van der Waals surface area contributed by atoms with Crippen molar-refractivity contribution in [2.24, 2.45) is 5.16 Å². The average Bonchev–Trinajstić information content (AvgIpc) is 2.35. The Kier molecular flexibility index (Phi) is 3.25. The van der Waals surface area contributed by atoms with Crippen LogP contribution in [0.25, 0.3) is 10.9 Å². The highest BCUT2D eigenvalue weighted by Crippen LogP contribution is 2.29. The third kappa shape index (κ3) is 2.23. The van der Waals surface area contributed by atoms with Crippen LogP contribution >= 0.6 is 0 Å². The van der Waals surface area contributed by atoms with Gasteiger partial charge in [-0.15, -0.1) is 0 Å². The minimum atomic E-state index is -1.06. The SMILES string of the molecule is Nc1nc(N)c2cc(CC(=O)O)c(N)c(/C=N/O)c2n1. The van der Waals surface area contributed by atoms with Crippen LogP contribution in [0, 0.1) is 0 Å². The fourth-order valence-corrected chi connectivity index (χ4v) is 1.90. The molecule has 104 valence electrons. The van der Waals surface area contributed by atoms with E-state index in [1.807, 2.05) is 0 Å². The molecule has 9 nitrogen and oxygen atoms in total. The first-order valence-corrected chi connectivity index (χ1v) is 5.47. The molecular formula is C11H12N6O3. The van der Waals surface area contributed by atoms with Gasteiger partial charge in [-0.1, -0.05) is 5.16 Å². The van der Waals surface area contributed by atoms with Gasteiger partial charge in [0.25, 0.3) is 0 Å². The number of anilines is 3. The van der Waals surface area contributed by atoms with E-state index in [0.29, 0.717) is 16.5 Å². The number of aliphatic carboxylic acids is 1. The van der Waals surface area contributed by atoms with Crippen LogP contribution in [0.4, 0.5) is 17.5 Å². The summed E-state index contributed by atoms with van der Waals surface area (Å²) in [5.74, 6) is -1.03. The Balaban J connectivity index is 2.86. The lowest BCUT2D eigenvalue weighted by Crippen LogP contribution is -2.09. The second-order valence-electron chi connectivity index (χ2n) is 4.04. The van der Waals surface area contributed by atoms with Crippen molar-refractivity contribution in [3.05, 3.63) is 17.2 Å². The van der Waals surface area contributed by atoms with Crippen LogP contribution in [-0.4, -0.2) is 32.5 Å². The molecule has 0 aliphatic heterocycles. The number of hydrogen-bond acceptors (Lipinski definition) is 8. The second-order valence-corrected chi connectivity index (χ2v) is 4.04. The number of carboxylic acid groups (broad SMARTS) is 1. The highest BCUT2D eigenvalue weighted by Gasteiger charge is 2.16. The van der Waals surface area contributed by atoms with Crippen LogP contribution in [-0.2, 0) is 11.2 Å². The molecule has 1 heterocycles. The van der Waals surface area contributed by atoms with Crippen LogP contribution in [0.1, 0.15) is 11.1 Å². The standard InChI is InChI=1S/C11H12N6O3/c12-8-4(2-7(18)19)1-5-9(6(8)3-15-20)16-11(14)17-10(5)13/h1,3,20H,2,12H2,(H,18,19)(H4,13,14,16,17)/b15-3+. The number of nitrogens with two attached hydrogens (primary N) is 3. The topological polar surface area (TPSA) is 174 Å². The molecular weight excluding hydrogens is 264 g/mol. The molecule has 0 saturated carbocycles. The van der Waals surface area contributed by atoms with E-state index in [1.165, 1.54) is 6.07 Å². The number of fused-ring (bicyclic) bond motifs is 1. The van der Waals surface area contributed by atoms with Crippen molar-refractivity contribution in [1.82, 2.24) is 9.97 Å². The number of oxime groups is 1. The van der Waals surface area contributed by atoms with E-state index < -0.39 is 5.97 Å². The molecule has 1 aromatic carbocycles. The smallest absolute Gasteiger partial charge is 0.307 e. The normalized spacial score (nSPS) is 11.2. The first-order valence-electron chi connectivity index (χ1n) is 5.47. The van der Waals surface area contributed by atoms with Crippen LogP contribution in [0.3, 0.4) is 0 Å². The maximum atomic E-state index is 10.8. The Morgan fingerprint density at radius 1 is 1.35 bits per heavy atom. The number of aromatic nitrogens is 2. The van der Waals surface area contributed by atoms with Crippen LogP contribution < -0.4 is 17.2 Å². The van der Waals surface area contributed by atoms with Crippen molar-refractivity contribution >= 4 is 40.5 Å². The molecule has 2 rings (SSSR count). The van der Waals surface area contributed by atoms with Gasteiger partial charge in [-0.05, 0) is 11.6 Å². The molecule has 0 unspecified atom stereocenters. The van der Waals surface area contributed by atoms with Crippen molar-refractivity contribution < 1.29 is 15.1 Å². The molecule has 1 aromatic heterocycles. The van der Waals surface area contributed by atoms with E-state index in [2.05, 4.69) is 15.1 Å². The molecule has 0 fully saturated rings. The zero-order chi connectivity index (χ0) is 14.9. The van der Waals surface area contributed by atoms with E-state index in [4.69, 9.17) is 27.5 Å². The largest absolute Gasteiger partial charge is 0.481 e. The van der Waals surface area contributed by atoms with E-state index >= 15 is 0 Å². The molecule has 0 radical (unpaired) electrons. The predicted octanol–water partition coefficient (Wildman–Crippen LogP) is -0.188. The summed E-state index contributed by atoms with van der Waals surface area (Å²) in [7, 11) is 0. The maximum Gasteiger partial charge on any atom is 0.307 e. The van der Waals surface area contributed by atoms with E-state index in [9.17, 15) is 4.79 Å². The summed E-state index contributed by atoms with van der Waals surface area (Å²) in [6.45, 7) is 0. The van der Waals surface area contributed by atoms with E-state index in [0.717, 1.165) is 6.21 Å². The molecule has 0 aliphatic carbocycles. The number of benzene rings is 1. The number of hydrogen-bond donors (Lipinski definition) is 5. The number of carboxylic acids is 1. The molecule has 0 aliphatic rings. The predicted molar refractivity (Wildman–Crippen MR) is 73.5 cm³/mol. The zero-order valence-electron chi connectivity index (χ0n) is 10.2. The van der Waals surface area contributed by atoms with Crippen molar-refractivity contribution in [2.75, 3.05) is 17.2 Å². The van der Waals surface area contributed by atoms with Gasteiger partial charge >= 0.3 is 5.97 Å². The Morgan fingerprint density at radius 2 is 2.05 bits per heavy atom. The van der Waals surface area contributed by atoms with Crippen LogP contribution in [0.2, 0.25) is 0 Å². The summed E-state index contributed by atoms with van der Waals surface area (Å²) < 4.78 is 0. The minimum Gasteiger partial charge on any atom is -0.481 e. The summed E-state index contributed by atoms with van der Waals surface area (Å²) in [5, 5.41) is 20.9. The average molecular weight is 276 g/mol. The zero-order valence-corrected chi connectivity index (χ0v) is 10.2. The number of nitrogens with zero attached hydrogens (tertiary/aromatic N) is 3. The summed E-state index contributed by atoms with van der Waals surface area (Å²) in [6, 6.07) is 1.49. The Morgan fingerprint density at radius 3 is 2.65 bits per heavy atom. The minimum absolute atomic E-state index is 0.0621. The summed E-state index contributed by atoms with van der Waals surface area (Å²) in [4.78, 5) is 18.6. The van der Waals surface area contributed by atoms with Gasteiger partial charge in [0, 0.05) is 16.6 Å². The van der Waals surface area contributed by atoms with Crippen molar-refractivity contribution in [1.29, 1.82) is 0 Å². The molecule has 0 atom stereocenters. The van der Waals surface area contributed by atoms with Crippen LogP contribution in [0.15, 0.2) is 11.2 Å². The first-order chi connectivity index (χ1) is 9.43. The van der Waals surface area contributed by atoms with Gasteiger partial charge in [-0.25, -0.2) is 4.98 Å². The Hall–Kier alpha value is -3.10. The maximum absolute atomic E-state index is 10.8. The van der Waals surface area contributed by atoms with E-state index in [-0.39, 0.29) is 29.4 Å². The number of carbonyl (C=O) groups is 1. The second kappa shape index (κ2) is 4.88.